The number of rotatable bonds is 2. The highest BCUT2D eigenvalue weighted by Crippen LogP contribution is 2.29. The number of benzene rings is 1. The predicted octanol–water partition coefficient (Wildman–Crippen LogP) is 3.53. The first-order chi connectivity index (χ1) is 9.74. The van der Waals surface area contributed by atoms with Gasteiger partial charge >= 0.3 is 0 Å². The zero-order chi connectivity index (χ0) is 13.9. The number of hydrogen-bond donors (Lipinski definition) is 0. The summed E-state index contributed by atoms with van der Waals surface area (Å²) in [7, 11) is 0. The van der Waals surface area contributed by atoms with Gasteiger partial charge in [-0.2, -0.15) is 0 Å². The van der Waals surface area contributed by atoms with Gasteiger partial charge in [0, 0.05) is 32.2 Å². The maximum atomic E-state index is 13.8. The molecule has 0 amide bonds. The number of halogens is 1. The Morgan fingerprint density at radius 3 is 2.50 bits per heavy atom. The maximum absolute atomic E-state index is 13.8. The molecule has 0 radical (unpaired) electrons. The van der Waals surface area contributed by atoms with Gasteiger partial charge in [-0.3, -0.25) is 4.90 Å². The molecule has 2 fully saturated rings. The minimum atomic E-state index is -0.0905. The van der Waals surface area contributed by atoms with E-state index in [2.05, 4.69) is 16.7 Å². The van der Waals surface area contributed by atoms with E-state index in [1.165, 1.54) is 25.7 Å². The van der Waals surface area contributed by atoms with Crippen LogP contribution in [0.5, 0.6) is 0 Å². The molecule has 20 heavy (non-hydrogen) atoms. The molecule has 0 unspecified atom stereocenters. The summed E-state index contributed by atoms with van der Waals surface area (Å²) in [5, 5.41) is 0. The fourth-order valence-electron chi connectivity index (χ4n) is 3.77. The van der Waals surface area contributed by atoms with E-state index < -0.39 is 0 Å². The minimum Gasteiger partial charge on any atom is -0.367 e. The second-order valence-electron chi connectivity index (χ2n) is 6.40. The normalized spacial score (nSPS) is 28.6. The van der Waals surface area contributed by atoms with Crippen molar-refractivity contribution < 1.29 is 4.39 Å². The van der Waals surface area contributed by atoms with Crippen LogP contribution in [0.15, 0.2) is 24.3 Å². The van der Waals surface area contributed by atoms with Crippen molar-refractivity contribution in [2.45, 2.75) is 38.6 Å². The molecule has 1 aromatic rings. The highest BCUT2D eigenvalue weighted by Gasteiger charge is 2.28. The molecule has 1 aliphatic heterocycles. The molecule has 1 aromatic carbocycles. The molecule has 0 spiro atoms. The third-order valence-corrected chi connectivity index (χ3v) is 4.93. The third-order valence-electron chi connectivity index (χ3n) is 4.93. The fraction of sp³-hybridized carbons (Fsp3) is 0.647. The molecule has 3 heteroatoms. The molecule has 2 nitrogen and oxygen atoms in total. The van der Waals surface area contributed by atoms with Crippen molar-refractivity contribution in [2.75, 3.05) is 31.1 Å². The Balaban J connectivity index is 1.58. The van der Waals surface area contributed by atoms with Crippen LogP contribution in [0.2, 0.25) is 0 Å². The minimum absolute atomic E-state index is 0.0905. The van der Waals surface area contributed by atoms with Gasteiger partial charge in [-0.05, 0) is 30.9 Å². The van der Waals surface area contributed by atoms with Crippen LogP contribution in [0.3, 0.4) is 0 Å². The van der Waals surface area contributed by atoms with Crippen molar-refractivity contribution in [1.82, 2.24) is 4.90 Å². The lowest BCUT2D eigenvalue weighted by atomic mass is 9.86. The van der Waals surface area contributed by atoms with Gasteiger partial charge in [0.05, 0.1) is 5.69 Å². The van der Waals surface area contributed by atoms with Crippen LogP contribution in [-0.4, -0.2) is 37.1 Å². The standard InChI is InChI=1S/C17H25FN2/c1-14-5-4-6-15(13-14)19-9-11-20(12-10-19)17-8-3-2-7-16(17)18/h2-3,7-8,14-15H,4-6,9-13H2,1H3/t14-,15+/m0/s1. The first-order valence-corrected chi connectivity index (χ1v) is 7.97. The van der Waals surface area contributed by atoms with Crippen molar-refractivity contribution in [3.05, 3.63) is 30.1 Å². The molecule has 1 saturated carbocycles. The van der Waals surface area contributed by atoms with Gasteiger partial charge in [0.25, 0.3) is 0 Å². The Morgan fingerprint density at radius 1 is 1.05 bits per heavy atom. The van der Waals surface area contributed by atoms with Gasteiger partial charge in [0.15, 0.2) is 0 Å². The smallest absolute Gasteiger partial charge is 0.146 e. The quantitative estimate of drug-likeness (QED) is 0.815. The predicted molar refractivity (Wildman–Crippen MR) is 81.6 cm³/mol. The molecule has 110 valence electrons. The Labute approximate surface area is 121 Å². The first-order valence-electron chi connectivity index (χ1n) is 7.97. The zero-order valence-corrected chi connectivity index (χ0v) is 12.4. The van der Waals surface area contributed by atoms with Crippen LogP contribution < -0.4 is 4.90 Å². The van der Waals surface area contributed by atoms with E-state index in [0.29, 0.717) is 0 Å². The number of nitrogens with zero attached hydrogens (tertiary/aromatic N) is 2. The van der Waals surface area contributed by atoms with E-state index in [0.717, 1.165) is 43.8 Å². The summed E-state index contributed by atoms with van der Waals surface area (Å²) < 4.78 is 13.8. The average molecular weight is 276 g/mol. The van der Waals surface area contributed by atoms with Gasteiger partial charge in [0.2, 0.25) is 0 Å². The van der Waals surface area contributed by atoms with E-state index >= 15 is 0 Å². The van der Waals surface area contributed by atoms with E-state index in [4.69, 9.17) is 0 Å². The summed E-state index contributed by atoms with van der Waals surface area (Å²) in [6.45, 7) is 6.43. The SMILES string of the molecule is C[C@H]1CCC[C@@H](N2CCN(c3ccccc3F)CC2)C1. The van der Waals surface area contributed by atoms with E-state index in [1.54, 1.807) is 12.1 Å². The van der Waals surface area contributed by atoms with Crippen molar-refractivity contribution in [3.63, 3.8) is 0 Å². The Morgan fingerprint density at radius 2 is 1.80 bits per heavy atom. The maximum Gasteiger partial charge on any atom is 0.146 e. The van der Waals surface area contributed by atoms with Gasteiger partial charge in [-0.1, -0.05) is 31.9 Å². The molecule has 0 N–H and O–H groups in total. The monoisotopic (exact) mass is 276 g/mol. The summed E-state index contributed by atoms with van der Waals surface area (Å²) in [5.74, 6) is 0.783. The molecular formula is C17H25FN2. The largest absolute Gasteiger partial charge is 0.367 e. The zero-order valence-electron chi connectivity index (χ0n) is 12.4. The molecule has 2 aliphatic rings. The summed E-state index contributed by atoms with van der Waals surface area (Å²) >= 11 is 0. The Kier molecular flexibility index (Phi) is 4.25. The lowest BCUT2D eigenvalue weighted by Crippen LogP contribution is -2.51. The molecule has 0 bridgehead atoms. The molecular weight excluding hydrogens is 251 g/mol. The lowest BCUT2D eigenvalue weighted by Gasteiger charge is -2.42. The first kappa shape index (κ1) is 13.9. The van der Waals surface area contributed by atoms with E-state index in [9.17, 15) is 4.39 Å². The summed E-state index contributed by atoms with van der Waals surface area (Å²) in [6.07, 6.45) is 5.47. The summed E-state index contributed by atoms with van der Waals surface area (Å²) in [6, 6.07) is 7.91. The highest BCUT2D eigenvalue weighted by molar-refractivity contribution is 5.48. The van der Waals surface area contributed by atoms with Crippen molar-refractivity contribution in [2.24, 2.45) is 5.92 Å². The van der Waals surface area contributed by atoms with Gasteiger partial charge in [0.1, 0.15) is 5.82 Å². The lowest BCUT2D eigenvalue weighted by molar-refractivity contribution is 0.127. The molecule has 0 aromatic heterocycles. The summed E-state index contributed by atoms with van der Waals surface area (Å²) in [4.78, 5) is 4.82. The van der Waals surface area contributed by atoms with Crippen LogP contribution in [-0.2, 0) is 0 Å². The Bertz CT molecular complexity index is 440. The number of hydrogen-bond acceptors (Lipinski definition) is 2. The van der Waals surface area contributed by atoms with Crippen LogP contribution >= 0.6 is 0 Å². The number of para-hydroxylation sites is 1. The number of anilines is 1. The van der Waals surface area contributed by atoms with Gasteiger partial charge in [-0.15, -0.1) is 0 Å². The topological polar surface area (TPSA) is 6.48 Å². The second-order valence-corrected chi connectivity index (χ2v) is 6.40. The van der Waals surface area contributed by atoms with E-state index in [1.807, 2.05) is 12.1 Å². The average Bonchev–Trinajstić information content (AvgIpc) is 2.48. The van der Waals surface area contributed by atoms with Crippen LogP contribution in [0.4, 0.5) is 10.1 Å². The summed E-state index contributed by atoms with van der Waals surface area (Å²) in [5.41, 5.74) is 0.768. The van der Waals surface area contributed by atoms with Crippen molar-refractivity contribution in [3.8, 4) is 0 Å². The molecule has 2 atom stereocenters. The molecule has 1 aliphatic carbocycles. The molecule has 1 saturated heterocycles. The molecule has 3 rings (SSSR count). The van der Waals surface area contributed by atoms with Gasteiger partial charge in [-0.25, -0.2) is 4.39 Å². The third kappa shape index (κ3) is 2.98. The molecule has 1 heterocycles. The van der Waals surface area contributed by atoms with Crippen LogP contribution in [0.25, 0.3) is 0 Å². The van der Waals surface area contributed by atoms with Crippen LogP contribution in [0.1, 0.15) is 32.6 Å². The van der Waals surface area contributed by atoms with Crippen LogP contribution in [0, 0.1) is 11.7 Å². The number of piperazine rings is 1. The van der Waals surface area contributed by atoms with Gasteiger partial charge < -0.3 is 4.90 Å². The fourth-order valence-corrected chi connectivity index (χ4v) is 3.77. The van der Waals surface area contributed by atoms with Crippen molar-refractivity contribution in [1.29, 1.82) is 0 Å². The van der Waals surface area contributed by atoms with Crippen molar-refractivity contribution >= 4 is 5.69 Å². The second kappa shape index (κ2) is 6.13. The highest BCUT2D eigenvalue weighted by atomic mass is 19.1. The Hall–Kier alpha value is -1.09. The van der Waals surface area contributed by atoms with E-state index in [-0.39, 0.29) is 5.82 Å².